The molecule has 0 unspecified atom stereocenters. The average Bonchev–Trinajstić information content (AvgIpc) is 2.48. The second-order valence-electron chi connectivity index (χ2n) is 3.23. The lowest BCUT2D eigenvalue weighted by Crippen LogP contribution is -2.01. The fraction of sp³-hybridized carbons (Fsp3) is 0.375. The van der Waals surface area contributed by atoms with Crippen molar-refractivity contribution in [2.24, 2.45) is 0 Å². The Bertz CT molecular complexity index is 431. The van der Waals surface area contributed by atoms with Crippen LogP contribution in [0, 0.1) is 0 Å². The number of nitrogens with zero attached hydrogens (tertiary/aromatic N) is 4. The van der Waals surface area contributed by atoms with Crippen molar-refractivity contribution in [2.75, 3.05) is 5.73 Å². The number of nitrogen functional groups attached to an aromatic ring is 1. The molecule has 0 aliphatic heterocycles. The number of nitrogens with two attached hydrogens (primary N) is 1. The summed E-state index contributed by atoms with van der Waals surface area (Å²) in [5.41, 5.74) is 6.94. The second kappa shape index (κ2) is 2.69. The molecule has 0 saturated heterocycles. The third kappa shape index (κ3) is 1.12. The molecule has 68 valence electrons. The molecule has 0 saturated carbocycles. The highest BCUT2D eigenvalue weighted by molar-refractivity contribution is 5.62. The summed E-state index contributed by atoms with van der Waals surface area (Å²) in [5.74, 6) is 1.13. The van der Waals surface area contributed by atoms with Gasteiger partial charge in [-0.1, -0.05) is 13.8 Å². The summed E-state index contributed by atoms with van der Waals surface area (Å²) in [6.45, 7) is 4.09. The lowest BCUT2D eigenvalue weighted by atomic mass is 10.2. The van der Waals surface area contributed by atoms with Gasteiger partial charge in [-0.15, -0.1) is 10.2 Å². The lowest BCUT2D eigenvalue weighted by Gasteiger charge is -2.00. The molecule has 0 bridgehead atoms. The summed E-state index contributed by atoms with van der Waals surface area (Å²) >= 11 is 0. The molecule has 2 rings (SSSR count). The minimum atomic E-state index is 0.296. The monoisotopic (exact) mass is 177 g/mol. The molecule has 2 heterocycles. The van der Waals surface area contributed by atoms with E-state index in [2.05, 4.69) is 15.3 Å². The minimum absolute atomic E-state index is 0.296. The third-order valence-corrected chi connectivity index (χ3v) is 1.88. The summed E-state index contributed by atoms with van der Waals surface area (Å²) in [4.78, 5) is 0. The van der Waals surface area contributed by atoms with Gasteiger partial charge in [0.05, 0.1) is 11.9 Å². The van der Waals surface area contributed by atoms with Crippen LogP contribution in [0.25, 0.3) is 5.65 Å². The quantitative estimate of drug-likeness (QED) is 0.700. The molecule has 5 nitrogen and oxygen atoms in total. The molecule has 13 heavy (non-hydrogen) atoms. The smallest absolute Gasteiger partial charge is 0.200 e. The predicted molar refractivity (Wildman–Crippen MR) is 49.3 cm³/mol. The van der Waals surface area contributed by atoms with Crippen molar-refractivity contribution in [3.05, 3.63) is 18.1 Å². The maximum absolute atomic E-state index is 5.71. The molecular weight excluding hydrogens is 166 g/mol. The van der Waals surface area contributed by atoms with Crippen LogP contribution in [0.15, 0.2) is 12.3 Å². The van der Waals surface area contributed by atoms with Gasteiger partial charge >= 0.3 is 0 Å². The molecule has 5 heteroatoms. The molecule has 0 amide bonds. The van der Waals surface area contributed by atoms with E-state index in [1.165, 1.54) is 0 Å². The van der Waals surface area contributed by atoms with E-state index in [9.17, 15) is 0 Å². The first-order valence-electron chi connectivity index (χ1n) is 4.16. The van der Waals surface area contributed by atoms with E-state index in [1.807, 2.05) is 13.8 Å². The summed E-state index contributed by atoms with van der Waals surface area (Å²) in [5, 5.41) is 12.1. The largest absolute Gasteiger partial charge is 0.396 e. The van der Waals surface area contributed by atoms with Crippen molar-refractivity contribution in [1.29, 1.82) is 0 Å². The van der Waals surface area contributed by atoms with Crippen LogP contribution in [0.5, 0.6) is 0 Å². The number of hydrogen-bond acceptors (Lipinski definition) is 4. The maximum atomic E-state index is 5.71. The molecule has 0 atom stereocenters. The number of fused-ring (bicyclic) bond motifs is 1. The molecule has 0 aliphatic rings. The first-order valence-corrected chi connectivity index (χ1v) is 4.16. The van der Waals surface area contributed by atoms with Gasteiger partial charge in [0.1, 0.15) is 0 Å². The van der Waals surface area contributed by atoms with Crippen LogP contribution in [-0.4, -0.2) is 19.8 Å². The second-order valence-corrected chi connectivity index (χ2v) is 3.23. The average molecular weight is 177 g/mol. The molecule has 0 aliphatic carbocycles. The van der Waals surface area contributed by atoms with Crippen LogP contribution >= 0.6 is 0 Å². The summed E-state index contributed by atoms with van der Waals surface area (Å²) in [6.07, 6.45) is 1.65. The minimum Gasteiger partial charge on any atom is -0.396 e. The molecule has 0 fully saturated rings. The van der Waals surface area contributed by atoms with E-state index >= 15 is 0 Å². The van der Waals surface area contributed by atoms with E-state index in [0.29, 0.717) is 17.3 Å². The van der Waals surface area contributed by atoms with Gasteiger partial charge in [0.15, 0.2) is 5.82 Å². The zero-order valence-electron chi connectivity index (χ0n) is 7.60. The van der Waals surface area contributed by atoms with Crippen LogP contribution in [0.3, 0.4) is 0 Å². The van der Waals surface area contributed by atoms with Gasteiger partial charge in [0.2, 0.25) is 5.65 Å². The molecule has 0 spiro atoms. The normalized spacial score (nSPS) is 11.3. The Kier molecular flexibility index (Phi) is 1.65. The Morgan fingerprint density at radius 2 is 2.15 bits per heavy atom. The number of rotatable bonds is 1. The van der Waals surface area contributed by atoms with Crippen molar-refractivity contribution in [3.63, 3.8) is 0 Å². The molecule has 2 aromatic rings. The van der Waals surface area contributed by atoms with Gasteiger partial charge in [-0.2, -0.15) is 9.61 Å². The van der Waals surface area contributed by atoms with Gasteiger partial charge in [-0.25, -0.2) is 0 Å². The Morgan fingerprint density at radius 3 is 2.85 bits per heavy atom. The fourth-order valence-corrected chi connectivity index (χ4v) is 1.20. The third-order valence-electron chi connectivity index (χ3n) is 1.88. The van der Waals surface area contributed by atoms with E-state index in [0.717, 1.165) is 5.82 Å². The number of anilines is 1. The van der Waals surface area contributed by atoms with Crippen LogP contribution in [0.4, 0.5) is 5.69 Å². The van der Waals surface area contributed by atoms with Gasteiger partial charge in [-0.05, 0) is 6.07 Å². The molecule has 2 N–H and O–H groups in total. The molecule has 0 aromatic carbocycles. The summed E-state index contributed by atoms with van der Waals surface area (Å²) < 4.78 is 1.68. The molecule has 0 radical (unpaired) electrons. The van der Waals surface area contributed by atoms with Crippen molar-refractivity contribution < 1.29 is 0 Å². The lowest BCUT2D eigenvalue weighted by molar-refractivity contribution is 0.721. The van der Waals surface area contributed by atoms with E-state index < -0.39 is 0 Å². The van der Waals surface area contributed by atoms with E-state index in [1.54, 1.807) is 16.8 Å². The standard InChI is InChI=1S/C8H11N5/c1-5(2)7-11-12-8-6(9)3-4-10-13(7)8/h3-5H,9H2,1-2H3. The van der Waals surface area contributed by atoms with Gasteiger partial charge in [-0.3, -0.25) is 0 Å². The summed E-state index contributed by atoms with van der Waals surface area (Å²) in [6, 6.07) is 1.72. The zero-order valence-corrected chi connectivity index (χ0v) is 7.60. The highest BCUT2D eigenvalue weighted by Gasteiger charge is 2.10. The first-order chi connectivity index (χ1) is 6.20. The predicted octanol–water partition coefficient (Wildman–Crippen LogP) is 0.830. The Labute approximate surface area is 75.6 Å². The van der Waals surface area contributed by atoms with Gasteiger partial charge in [0.25, 0.3) is 0 Å². The Balaban J connectivity index is 2.75. The highest BCUT2D eigenvalue weighted by atomic mass is 15.4. The number of aromatic nitrogens is 4. The van der Waals surface area contributed by atoms with Crippen LogP contribution < -0.4 is 5.73 Å². The first kappa shape index (κ1) is 7.97. The van der Waals surface area contributed by atoms with Crippen molar-refractivity contribution in [1.82, 2.24) is 19.8 Å². The van der Waals surface area contributed by atoms with Crippen molar-refractivity contribution in [3.8, 4) is 0 Å². The highest BCUT2D eigenvalue weighted by Crippen LogP contribution is 2.15. The van der Waals surface area contributed by atoms with Crippen molar-refractivity contribution >= 4 is 11.3 Å². The maximum Gasteiger partial charge on any atom is 0.200 e. The van der Waals surface area contributed by atoms with Gasteiger partial charge < -0.3 is 5.73 Å². The Morgan fingerprint density at radius 1 is 1.38 bits per heavy atom. The fourth-order valence-electron chi connectivity index (χ4n) is 1.20. The van der Waals surface area contributed by atoms with Gasteiger partial charge in [0, 0.05) is 5.92 Å². The van der Waals surface area contributed by atoms with Crippen molar-refractivity contribution in [2.45, 2.75) is 19.8 Å². The Hall–Kier alpha value is -1.65. The molecule has 2 aromatic heterocycles. The number of hydrogen-bond donors (Lipinski definition) is 1. The van der Waals surface area contributed by atoms with Crippen LogP contribution in [0.2, 0.25) is 0 Å². The van der Waals surface area contributed by atoms with Crippen LogP contribution in [0.1, 0.15) is 25.6 Å². The SMILES string of the molecule is CC(C)c1nnc2c(N)ccnn12. The topological polar surface area (TPSA) is 69.1 Å². The van der Waals surface area contributed by atoms with E-state index in [4.69, 9.17) is 5.73 Å². The summed E-state index contributed by atoms with van der Waals surface area (Å²) in [7, 11) is 0. The zero-order chi connectivity index (χ0) is 9.42. The molecular formula is C8H11N5. The van der Waals surface area contributed by atoms with E-state index in [-0.39, 0.29) is 0 Å². The van der Waals surface area contributed by atoms with Crippen LogP contribution in [-0.2, 0) is 0 Å².